The van der Waals surface area contributed by atoms with E-state index in [1.807, 2.05) is 30.0 Å². The molecule has 1 aliphatic rings. The molecule has 0 amide bonds. The second kappa shape index (κ2) is 6.54. The predicted octanol–water partition coefficient (Wildman–Crippen LogP) is 3.24. The van der Waals surface area contributed by atoms with Crippen LogP contribution in [-0.4, -0.2) is 30.6 Å². The van der Waals surface area contributed by atoms with Crippen molar-refractivity contribution in [2.75, 3.05) is 26.1 Å². The molecular weight excluding hydrogens is 284 g/mol. The number of nitrogens with zero attached hydrogens (tertiary/aromatic N) is 1. The average Bonchev–Trinajstić information content (AvgIpc) is 2.53. The summed E-state index contributed by atoms with van der Waals surface area (Å²) in [6.07, 6.45) is 2.26. The molecule has 1 fully saturated rings. The highest BCUT2D eigenvalue weighted by Crippen LogP contribution is 2.29. The molecule has 0 aliphatic carbocycles. The molecule has 21 heavy (non-hydrogen) atoms. The average molecular weight is 304 g/mol. The van der Waals surface area contributed by atoms with E-state index < -0.39 is 0 Å². The van der Waals surface area contributed by atoms with E-state index in [0.717, 1.165) is 54.0 Å². The number of fused-ring (bicyclic) bond motifs is 1. The highest BCUT2D eigenvalue weighted by molar-refractivity contribution is 7.99. The van der Waals surface area contributed by atoms with Crippen LogP contribution >= 0.6 is 11.8 Å². The highest BCUT2D eigenvalue weighted by atomic mass is 32.2. The Hall–Kier alpha value is -1.46. The van der Waals surface area contributed by atoms with Gasteiger partial charge in [-0.1, -0.05) is 0 Å². The summed E-state index contributed by atoms with van der Waals surface area (Å²) in [4.78, 5) is 4.51. The van der Waals surface area contributed by atoms with E-state index >= 15 is 0 Å². The molecule has 0 bridgehead atoms. The van der Waals surface area contributed by atoms with Crippen LogP contribution in [0.4, 0.5) is 5.82 Å². The van der Waals surface area contributed by atoms with Crippen molar-refractivity contribution in [1.82, 2.24) is 4.98 Å². The van der Waals surface area contributed by atoms with Crippen LogP contribution in [0.5, 0.6) is 5.75 Å². The number of pyridine rings is 1. The number of methoxy groups -OCH3 is 1. The molecule has 2 aromatic rings. The number of ether oxygens (including phenoxy) is 2. The van der Waals surface area contributed by atoms with E-state index in [1.54, 1.807) is 7.11 Å². The molecule has 2 N–H and O–H groups in total. The Morgan fingerprint density at radius 1 is 1.33 bits per heavy atom. The largest absolute Gasteiger partial charge is 0.497 e. The summed E-state index contributed by atoms with van der Waals surface area (Å²) >= 11 is 1.96. The van der Waals surface area contributed by atoms with E-state index in [2.05, 4.69) is 11.1 Å². The van der Waals surface area contributed by atoms with Crippen molar-refractivity contribution in [2.24, 2.45) is 0 Å². The normalized spacial score (nSPS) is 16.2. The molecule has 0 atom stereocenters. The first kappa shape index (κ1) is 14.5. The molecule has 1 aliphatic heterocycles. The van der Waals surface area contributed by atoms with Gasteiger partial charge in [0.05, 0.1) is 12.6 Å². The first-order valence-electron chi connectivity index (χ1n) is 7.19. The van der Waals surface area contributed by atoms with Crippen LogP contribution in [-0.2, 0) is 10.5 Å². The minimum atomic E-state index is 0.621. The SMILES string of the molecule is COc1ccc2cc(CSC3CCOCC3)c(N)nc2c1. The summed E-state index contributed by atoms with van der Waals surface area (Å²) in [6.45, 7) is 1.76. The monoisotopic (exact) mass is 304 g/mol. The molecule has 0 spiro atoms. The molecule has 112 valence electrons. The maximum absolute atomic E-state index is 6.10. The molecule has 4 nitrogen and oxygen atoms in total. The lowest BCUT2D eigenvalue weighted by Crippen LogP contribution is -2.17. The van der Waals surface area contributed by atoms with Crippen molar-refractivity contribution < 1.29 is 9.47 Å². The summed E-state index contributed by atoms with van der Waals surface area (Å²) in [7, 11) is 1.66. The van der Waals surface area contributed by atoms with Gasteiger partial charge >= 0.3 is 0 Å². The van der Waals surface area contributed by atoms with Gasteiger partial charge in [-0.2, -0.15) is 11.8 Å². The number of nitrogens with two attached hydrogens (primary N) is 1. The Kier molecular flexibility index (Phi) is 4.51. The van der Waals surface area contributed by atoms with Crippen LogP contribution in [0.2, 0.25) is 0 Å². The summed E-state index contributed by atoms with van der Waals surface area (Å²) in [5.41, 5.74) is 8.10. The van der Waals surface area contributed by atoms with Crippen molar-refractivity contribution in [2.45, 2.75) is 23.8 Å². The topological polar surface area (TPSA) is 57.4 Å². The molecule has 0 radical (unpaired) electrons. The van der Waals surface area contributed by atoms with Crippen LogP contribution in [0.25, 0.3) is 10.9 Å². The summed E-state index contributed by atoms with van der Waals surface area (Å²) < 4.78 is 10.6. The maximum atomic E-state index is 6.10. The third kappa shape index (κ3) is 3.41. The fourth-order valence-corrected chi connectivity index (χ4v) is 3.67. The number of nitrogen functional groups attached to an aromatic ring is 1. The Morgan fingerprint density at radius 2 is 2.14 bits per heavy atom. The number of hydrogen-bond donors (Lipinski definition) is 1. The van der Waals surface area contributed by atoms with Gasteiger partial charge in [-0.15, -0.1) is 0 Å². The van der Waals surface area contributed by atoms with Crippen molar-refractivity contribution in [1.29, 1.82) is 0 Å². The van der Waals surface area contributed by atoms with Gasteiger partial charge in [0.25, 0.3) is 0 Å². The lowest BCUT2D eigenvalue weighted by molar-refractivity contribution is 0.1000. The molecule has 1 aromatic carbocycles. The maximum Gasteiger partial charge on any atom is 0.128 e. The van der Waals surface area contributed by atoms with Crippen LogP contribution in [0.15, 0.2) is 24.3 Å². The van der Waals surface area contributed by atoms with Gasteiger partial charge in [0.1, 0.15) is 11.6 Å². The van der Waals surface area contributed by atoms with E-state index in [-0.39, 0.29) is 0 Å². The van der Waals surface area contributed by atoms with E-state index in [0.29, 0.717) is 11.1 Å². The van der Waals surface area contributed by atoms with Gasteiger partial charge in [-0.3, -0.25) is 0 Å². The zero-order chi connectivity index (χ0) is 14.7. The van der Waals surface area contributed by atoms with Gasteiger partial charge < -0.3 is 15.2 Å². The van der Waals surface area contributed by atoms with Gasteiger partial charge in [0.2, 0.25) is 0 Å². The zero-order valence-corrected chi connectivity index (χ0v) is 13.0. The lowest BCUT2D eigenvalue weighted by atomic mass is 10.1. The molecule has 1 aromatic heterocycles. The highest BCUT2D eigenvalue weighted by Gasteiger charge is 2.15. The number of hydrogen-bond acceptors (Lipinski definition) is 5. The van der Waals surface area contributed by atoms with E-state index in [4.69, 9.17) is 15.2 Å². The van der Waals surface area contributed by atoms with Crippen molar-refractivity contribution >= 4 is 28.5 Å². The smallest absolute Gasteiger partial charge is 0.128 e. The first-order chi connectivity index (χ1) is 10.3. The quantitative estimate of drug-likeness (QED) is 0.939. The fraction of sp³-hybridized carbons (Fsp3) is 0.438. The van der Waals surface area contributed by atoms with Crippen LogP contribution in [0.1, 0.15) is 18.4 Å². The minimum absolute atomic E-state index is 0.621. The Balaban J connectivity index is 1.77. The van der Waals surface area contributed by atoms with Gasteiger partial charge in [0.15, 0.2) is 0 Å². The molecule has 2 heterocycles. The first-order valence-corrected chi connectivity index (χ1v) is 8.23. The molecule has 5 heteroatoms. The molecule has 0 saturated carbocycles. The van der Waals surface area contributed by atoms with Crippen molar-refractivity contribution in [3.8, 4) is 5.75 Å². The lowest BCUT2D eigenvalue weighted by Gasteiger charge is -2.21. The van der Waals surface area contributed by atoms with E-state index in [9.17, 15) is 0 Å². The molecule has 0 unspecified atom stereocenters. The van der Waals surface area contributed by atoms with Gasteiger partial charge in [-0.25, -0.2) is 4.98 Å². The number of benzene rings is 1. The second-order valence-corrected chi connectivity index (χ2v) is 6.50. The minimum Gasteiger partial charge on any atom is -0.497 e. The number of anilines is 1. The van der Waals surface area contributed by atoms with Crippen LogP contribution < -0.4 is 10.5 Å². The molecular formula is C16H20N2O2S. The molecule has 1 saturated heterocycles. The van der Waals surface area contributed by atoms with Gasteiger partial charge in [-0.05, 0) is 31.0 Å². The predicted molar refractivity (Wildman–Crippen MR) is 87.8 cm³/mol. The van der Waals surface area contributed by atoms with Crippen LogP contribution in [0, 0.1) is 0 Å². The Morgan fingerprint density at radius 3 is 2.90 bits per heavy atom. The Labute approximate surface area is 129 Å². The zero-order valence-electron chi connectivity index (χ0n) is 12.2. The molecule has 3 rings (SSSR count). The van der Waals surface area contributed by atoms with Gasteiger partial charge in [0, 0.05) is 41.2 Å². The number of thioether (sulfide) groups is 1. The third-order valence-corrected chi connectivity index (χ3v) is 5.20. The second-order valence-electron chi connectivity index (χ2n) is 5.21. The Bertz CT molecular complexity index is 627. The van der Waals surface area contributed by atoms with E-state index in [1.165, 1.54) is 0 Å². The summed E-state index contributed by atoms with van der Waals surface area (Å²) in [5, 5.41) is 1.78. The van der Waals surface area contributed by atoms with Crippen molar-refractivity contribution in [3.63, 3.8) is 0 Å². The summed E-state index contributed by atoms with van der Waals surface area (Å²) in [6, 6.07) is 8.04. The summed E-state index contributed by atoms with van der Waals surface area (Å²) in [5.74, 6) is 2.33. The number of aromatic nitrogens is 1. The third-order valence-electron chi connectivity index (χ3n) is 3.78. The van der Waals surface area contributed by atoms with Crippen molar-refractivity contribution in [3.05, 3.63) is 29.8 Å². The number of rotatable bonds is 4. The van der Waals surface area contributed by atoms with Crippen LogP contribution in [0.3, 0.4) is 0 Å². The fourth-order valence-electron chi connectivity index (χ4n) is 2.50. The standard InChI is InChI=1S/C16H20N2O2S/c1-19-13-3-2-11-8-12(16(17)18-15(11)9-13)10-21-14-4-6-20-7-5-14/h2-3,8-9,14H,4-7,10H2,1H3,(H2,17,18).